The van der Waals surface area contributed by atoms with Crippen LogP contribution in [-0.2, 0) is 22.6 Å². The fourth-order valence-electron chi connectivity index (χ4n) is 4.09. The van der Waals surface area contributed by atoms with E-state index in [1.165, 1.54) is 6.08 Å². The van der Waals surface area contributed by atoms with E-state index < -0.39 is 17.8 Å². The van der Waals surface area contributed by atoms with E-state index in [2.05, 4.69) is 27.8 Å². The lowest BCUT2D eigenvalue weighted by molar-refractivity contribution is -0.122. The molecule has 1 N–H and O–H groups in total. The Balaban J connectivity index is 1.73. The van der Waals surface area contributed by atoms with Crippen LogP contribution >= 0.6 is 27.5 Å². The Bertz CT molecular complexity index is 1500. The molecule has 1 fully saturated rings. The first-order valence-corrected chi connectivity index (χ1v) is 13.3. The van der Waals surface area contributed by atoms with Gasteiger partial charge in [0.05, 0.1) is 12.3 Å². The van der Waals surface area contributed by atoms with Crippen molar-refractivity contribution in [2.45, 2.75) is 26.9 Å². The van der Waals surface area contributed by atoms with E-state index in [-0.39, 0.29) is 12.2 Å². The summed E-state index contributed by atoms with van der Waals surface area (Å²) in [6, 6.07) is 15.1. The molecule has 0 spiro atoms. The van der Waals surface area contributed by atoms with Crippen LogP contribution in [0.5, 0.6) is 11.5 Å². The molecule has 0 aliphatic carbocycles. The second kappa shape index (κ2) is 12.3. The summed E-state index contributed by atoms with van der Waals surface area (Å²) in [6.07, 6.45) is 3.60. The van der Waals surface area contributed by atoms with Crippen molar-refractivity contribution < 1.29 is 23.9 Å². The van der Waals surface area contributed by atoms with Crippen molar-refractivity contribution in [1.29, 1.82) is 0 Å². The Morgan fingerprint density at radius 1 is 1.05 bits per heavy atom. The van der Waals surface area contributed by atoms with E-state index in [1.807, 2.05) is 32.0 Å². The van der Waals surface area contributed by atoms with Gasteiger partial charge in [0.1, 0.15) is 12.2 Å². The van der Waals surface area contributed by atoms with E-state index in [4.69, 9.17) is 21.1 Å². The molecule has 200 valence electrons. The average molecular weight is 610 g/mol. The number of carbonyl (C=O) groups excluding carboxylic acids is 3. The first-order valence-electron chi connectivity index (χ1n) is 12.2. The fourth-order valence-corrected chi connectivity index (χ4v) is 4.53. The molecule has 1 heterocycles. The van der Waals surface area contributed by atoms with Gasteiger partial charge < -0.3 is 9.47 Å². The summed E-state index contributed by atoms with van der Waals surface area (Å²) >= 11 is 9.72. The van der Waals surface area contributed by atoms with Crippen molar-refractivity contribution in [3.05, 3.63) is 105 Å². The maximum atomic E-state index is 13.4. The maximum absolute atomic E-state index is 13.4. The second-order valence-corrected chi connectivity index (χ2v) is 9.97. The Morgan fingerprint density at radius 3 is 2.51 bits per heavy atom. The predicted octanol–water partition coefficient (Wildman–Crippen LogP) is 6.78. The van der Waals surface area contributed by atoms with E-state index in [0.717, 1.165) is 26.1 Å². The van der Waals surface area contributed by atoms with Crippen LogP contribution in [0.2, 0.25) is 5.02 Å². The summed E-state index contributed by atoms with van der Waals surface area (Å²) in [6.45, 7) is 8.11. The van der Waals surface area contributed by atoms with Crippen LogP contribution in [0.3, 0.4) is 0 Å². The lowest BCUT2D eigenvalue weighted by Gasteiger charge is -2.27. The van der Waals surface area contributed by atoms with Crippen molar-refractivity contribution in [1.82, 2.24) is 5.32 Å². The SMILES string of the molecule is C=CCc1cc(/C=C2\C(=O)NC(=O)N(c3ccc(Br)c(C)c3)C2=O)cc(OCC)c1OCc1ccccc1Cl. The number of allylic oxidation sites excluding steroid dienone is 1. The number of rotatable bonds is 9. The number of nitrogens with one attached hydrogen (secondary N) is 1. The van der Waals surface area contributed by atoms with Crippen molar-refractivity contribution in [2.24, 2.45) is 0 Å². The van der Waals surface area contributed by atoms with Gasteiger partial charge in [0, 0.05) is 20.6 Å². The molecule has 1 aliphatic rings. The maximum Gasteiger partial charge on any atom is 0.335 e. The third-order valence-corrected chi connectivity index (χ3v) is 7.22. The standard InChI is InChI=1S/C30H26BrClN2O5/c1-4-8-20-14-19(16-26(38-5-2)27(20)39-17-21-9-6-7-10-25(21)32)15-23-28(35)33-30(37)34(29(23)36)22-11-12-24(31)18(3)13-22/h4,6-7,9-16H,1,5,8,17H2,2-3H3,(H,33,35,37)/b23-15+. The van der Waals surface area contributed by atoms with Gasteiger partial charge in [-0.3, -0.25) is 14.9 Å². The molecule has 9 heteroatoms. The van der Waals surface area contributed by atoms with Gasteiger partial charge in [0.15, 0.2) is 11.5 Å². The van der Waals surface area contributed by atoms with Crippen molar-refractivity contribution >= 4 is 57.1 Å². The van der Waals surface area contributed by atoms with Crippen LogP contribution in [0.25, 0.3) is 6.08 Å². The van der Waals surface area contributed by atoms with Gasteiger partial charge in [-0.25, -0.2) is 9.69 Å². The number of anilines is 1. The summed E-state index contributed by atoms with van der Waals surface area (Å²) < 4.78 is 12.9. The van der Waals surface area contributed by atoms with Crippen LogP contribution < -0.4 is 19.7 Å². The predicted molar refractivity (Wildman–Crippen MR) is 155 cm³/mol. The molecule has 0 radical (unpaired) electrons. The Hall–Kier alpha value is -3.88. The number of hydrogen-bond donors (Lipinski definition) is 1. The number of ether oxygens (including phenoxy) is 2. The minimum atomic E-state index is -0.811. The molecular weight excluding hydrogens is 584 g/mol. The van der Waals surface area contributed by atoms with Crippen LogP contribution in [0.1, 0.15) is 29.2 Å². The van der Waals surface area contributed by atoms with E-state index in [9.17, 15) is 14.4 Å². The molecule has 1 saturated heterocycles. The summed E-state index contributed by atoms with van der Waals surface area (Å²) in [4.78, 5) is 39.7. The lowest BCUT2D eigenvalue weighted by Crippen LogP contribution is -2.54. The molecular formula is C30H26BrClN2O5. The highest BCUT2D eigenvalue weighted by atomic mass is 79.9. The van der Waals surface area contributed by atoms with Crippen molar-refractivity contribution in [3.63, 3.8) is 0 Å². The smallest absolute Gasteiger partial charge is 0.335 e. The first-order chi connectivity index (χ1) is 18.7. The quantitative estimate of drug-likeness (QED) is 0.164. The number of carbonyl (C=O) groups is 3. The van der Waals surface area contributed by atoms with Crippen molar-refractivity contribution in [3.8, 4) is 11.5 Å². The normalized spacial score (nSPS) is 14.4. The topological polar surface area (TPSA) is 84.9 Å². The zero-order valence-corrected chi connectivity index (χ0v) is 23.8. The van der Waals surface area contributed by atoms with E-state index in [0.29, 0.717) is 40.8 Å². The van der Waals surface area contributed by atoms with Crippen LogP contribution in [0.15, 0.2) is 77.3 Å². The minimum Gasteiger partial charge on any atom is -0.490 e. The van der Waals surface area contributed by atoms with Crippen LogP contribution in [0.4, 0.5) is 10.5 Å². The highest BCUT2D eigenvalue weighted by Gasteiger charge is 2.37. The van der Waals surface area contributed by atoms with E-state index >= 15 is 0 Å². The molecule has 1 aliphatic heterocycles. The number of hydrogen-bond acceptors (Lipinski definition) is 5. The van der Waals surface area contributed by atoms with Gasteiger partial charge >= 0.3 is 6.03 Å². The number of imide groups is 2. The monoisotopic (exact) mass is 608 g/mol. The number of halogens is 2. The van der Waals surface area contributed by atoms with Crippen LogP contribution in [0, 0.1) is 6.92 Å². The largest absolute Gasteiger partial charge is 0.490 e. The average Bonchev–Trinajstić information content (AvgIpc) is 2.89. The second-order valence-electron chi connectivity index (χ2n) is 8.70. The Morgan fingerprint density at radius 2 is 1.82 bits per heavy atom. The molecule has 4 amide bonds. The Kier molecular flexibility index (Phi) is 8.89. The minimum absolute atomic E-state index is 0.188. The molecule has 0 unspecified atom stereocenters. The summed E-state index contributed by atoms with van der Waals surface area (Å²) in [7, 11) is 0. The zero-order valence-electron chi connectivity index (χ0n) is 21.4. The van der Waals surface area contributed by atoms with Gasteiger partial charge in [-0.15, -0.1) is 6.58 Å². The van der Waals surface area contributed by atoms with Gasteiger partial charge in [-0.1, -0.05) is 51.8 Å². The number of nitrogens with zero attached hydrogens (tertiary/aromatic N) is 1. The van der Waals surface area contributed by atoms with Gasteiger partial charge in [-0.05, 0) is 73.9 Å². The fraction of sp³-hybridized carbons (Fsp3) is 0.167. The molecule has 4 rings (SSSR count). The summed E-state index contributed by atoms with van der Waals surface area (Å²) in [5, 5.41) is 2.85. The molecule has 3 aromatic rings. The van der Waals surface area contributed by atoms with Gasteiger partial charge in [0.2, 0.25) is 0 Å². The van der Waals surface area contributed by atoms with Crippen molar-refractivity contribution in [2.75, 3.05) is 11.5 Å². The molecule has 39 heavy (non-hydrogen) atoms. The molecule has 7 nitrogen and oxygen atoms in total. The third kappa shape index (κ3) is 6.24. The first kappa shape index (κ1) is 28.1. The Labute approximate surface area is 240 Å². The molecule has 0 saturated carbocycles. The molecule has 3 aromatic carbocycles. The van der Waals surface area contributed by atoms with E-state index in [1.54, 1.807) is 42.5 Å². The third-order valence-electron chi connectivity index (χ3n) is 5.96. The summed E-state index contributed by atoms with van der Waals surface area (Å²) in [5.74, 6) is -0.554. The van der Waals surface area contributed by atoms with Gasteiger partial charge in [0.25, 0.3) is 11.8 Å². The number of urea groups is 1. The van der Waals surface area contributed by atoms with Gasteiger partial charge in [-0.2, -0.15) is 0 Å². The number of aryl methyl sites for hydroxylation is 1. The number of benzene rings is 3. The number of amides is 4. The summed E-state index contributed by atoms with van der Waals surface area (Å²) in [5.41, 5.74) is 3.08. The molecule has 0 aromatic heterocycles. The number of barbiturate groups is 1. The highest BCUT2D eigenvalue weighted by molar-refractivity contribution is 9.10. The zero-order chi connectivity index (χ0) is 28.1. The lowest BCUT2D eigenvalue weighted by atomic mass is 10.0. The molecule has 0 atom stereocenters. The molecule has 0 bridgehead atoms. The highest BCUT2D eigenvalue weighted by Crippen LogP contribution is 2.36. The van der Waals surface area contributed by atoms with Crippen LogP contribution in [-0.4, -0.2) is 24.5 Å².